The van der Waals surface area contributed by atoms with E-state index in [1.807, 2.05) is 24.0 Å². The zero-order chi connectivity index (χ0) is 23.4. The summed E-state index contributed by atoms with van der Waals surface area (Å²) in [5.41, 5.74) is 2.29. The first-order valence-electron chi connectivity index (χ1n) is 11.6. The number of anilines is 1. The van der Waals surface area contributed by atoms with Crippen molar-refractivity contribution in [2.75, 3.05) is 38.0 Å². The van der Waals surface area contributed by atoms with E-state index in [0.717, 1.165) is 56.3 Å². The highest BCUT2D eigenvalue weighted by Crippen LogP contribution is 2.24. The number of halogens is 2. The van der Waals surface area contributed by atoms with Crippen LogP contribution < -0.4 is 5.32 Å². The number of carbonyl (C=O) groups excluding carboxylic acids is 1. The van der Waals surface area contributed by atoms with Gasteiger partial charge in [0.15, 0.2) is 0 Å². The fraction of sp³-hybridized carbons (Fsp3) is 0.542. The van der Waals surface area contributed by atoms with Gasteiger partial charge >= 0.3 is 0 Å². The fourth-order valence-electron chi connectivity index (χ4n) is 4.76. The Hall–Kier alpha value is -1.93. The summed E-state index contributed by atoms with van der Waals surface area (Å²) in [7, 11) is 0. The molecular weight excluding hydrogens is 461 g/mol. The van der Waals surface area contributed by atoms with Crippen LogP contribution in [0.1, 0.15) is 47.3 Å². The molecule has 3 heterocycles. The molecule has 2 aliphatic rings. The number of hydrogen-bond donors (Lipinski definition) is 2. The van der Waals surface area contributed by atoms with Gasteiger partial charge in [0, 0.05) is 37.8 Å². The van der Waals surface area contributed by atoms with E-state index in [9.17, 15) is 9.90 Å². The molecule has 2 aliphatic heterocycles. The quantitative estimate of drug-likeness (QED) is 0.639. The van der Waals surface area contributed by atoms with Gasteiger partial charge in [-0.15, -0.1) is 0 Å². The maximum absolute atomic E-state index is 13.2. The summed E-state index contributed by atoms with van der Waals surface area (Å²) in [6, 6.07) is 6.05. The summed E-state index contributed by atoms with van der Waals surface area (Å²) in [5, 5.41) is 14.4. The zero-order valence-corrected chi connectivity index (χ0v) is 20.4. The minimum Gasteiger partial charge on any atom is -0.392 e. The van der Waals surface area contributed by atoms with Crippen LogP contribution in [0.2, 0.25) is 10.0 Å². The van der Waals surface area contributed by atoms with Crippen LogP contribution >= 0.6 is 23.2 Å². The van der Waals surface area contributed by atoms with Crippen molar-refractivity contribution in [3.63, 3.8) is 0 Å². The number of carbonyl (C=O) groups is 1. The van der Waals surface area contributed by atoms with Gasteiger partial charge in [-0.1, -0.05) is 29.3 Å². The predicted octanol–water partition coefficient (Wildman–Crippen LogP) is 3.81. The van der Waals surface area contributed by atoms with Gasteiger partial charge in [-0.2, -0.15) is 0 Å². The van der Waals surface area contributed by atoms with Crippen molar-refractivity contribution >= 4 is 34.9 Å². The molecule has 1 unspecified atom stereocenters. The lowest BCUT2D eigenvalue weighted by Crippen LogP contribution is -2.50. The maximum Gasteiger partial charge on any atom is 0.272 e. The molecule has 1 aromatic heterocycles. The molecule has 2 fully saturated rings. The summed E-state index contributed by atoms with van der Waals surface area (Å²) < 4.78 is 0. The number of piperidine rings is 2. The van der Waals surface area contributed by atoms with Gasteiger partial charge in [0.25, 0.3) is 5.91 Å². The van der Waals surface area contributed by atoms with Gasteiger partial charge in [-0.05, 0) is 63.3 Å². The van der Waals surface area contributed by atoms with E-state index in [1.54, 1.807) is 6.07 Å². The molecule has 0 aliphatic carbocycles. The van der Waals surface area contributed by atoms with Crippen LogP contribution in [-0.4, -0.2) is 75.7 Å². The van der Waals surface area contributed by atoms with E-state index < -0.39 is 0 Å². The first-order valence-corrected chi connectivity index (χ1v) is 12.4. The third kappa shape index (κ3) is 5.96. The van der Waals surface area contributed by atoms with Crippen molar-refractivity contribution < 1.29 is 9.90 Å². The Morgan fingerprint density at radius 2 is 1.94 bits per heavy atom. The van der Waals surface area contributed by atoms with Gasteiger partial charge in [0.1, 0.15) is 17.8 Å². The van der Waals surface area contributed by atoms with Crippen LogP contribution in [0.15, 0.2) is 24.5 Å². The van der Waals surface area contributed by atoms with Crippen molar-refractivity contribution in [2.24, 2.45) is 0 Å². The average Bonchev–Trinajstić information content (AvgIpc) is 2.82. The second-order valence-electron chi connectivity index (χ2n) is 8.94. The van der Waals surface area contributed by atoms with Crippen molar-refractivity contribution in [1.29, 1.82) is 0 Å². The molecule has 9 heteroatoms. The summed E-state index contributed by atoms with van der Waals surface area (Å²) in [6.45, 7) is 5.74. The fourth-order valence-corrected chi connectivity index (χ4v) is 5.08. The Labute approximate surface area is 205 Å². The maximum atomic E-state index is 13.2. The van der Waals surface area contributed by atoms with Crippen molar-refractivity contribution in [2.45, 2.75) is 51.2 Å². The first kappa shape index (κ1) is 24.2. The second-order valence-corrected chi connectivity index (χ2v) is 9.75. The normalized spacial score (nSPS) is 20.1. The highest BCUT2D eigenvalue weighted by atomic mass is 35.5. The lowest BCUT2D eigenvalue weighted by Gasteiger charge is -2.41. The van der Waals surface area contributed by atoms with Crippen LogP contribution in [0.5, 0.6) is 0 Å². The lowest BCUT2D eigenvalue weighted by atomic mass is 9.98. The molecule has 1 atom stereocenters. The van der Waals surface area contributed by atoms with Gasteiger partial charge in [0.2, 0.25) is 0 Å². The first-order chi connectivity index (χ1) is 15.9. The summed E-state index contributed by atoms with van der Waals surface area (Å²) in [6.07, 6.45) is 5.77. The highest BCUT2D eigenvalue weighted by molar-refractivity contribution is 6.42. The molecule has 0 saturated carbocycles. The molecule has 1 aromatic carbocycles. The molecule has 0 bridgehead atoms. The number of aromatic nitrogens is 2. The molecular formula is C24H31Cl2N5O2. The number of benzene rings is 1. The van der Waals surface area contributed by atoms with E-state index in [4.69, 9.17) is 23.2 Å². The largest absolute Gasteiger partial charge is 0.392 e. The summed E-state index contributed by atoms with van der Waals surface area (Å²) >= 11 is 12.1. The minimum atomic E-state index is -0.218. The van der Waals surface area contributed by atoms with E-state index in [-0.39, 0.29) is 12.0 Å². The van der Waals surface area contributed by atoms with E-state index in [0.29, 0.717) is 47.2 Å². The van der Waals surface area contributed by atoms with Crippen LogP contribution in [0.4, 0.5) is 5.82 Å². The monoisotopic (exact) mass is 491 g/mol. The minimum absolute atomic E-state index is 0.0421. The number of β-amino-alcohol motifs (C(OH)–C–C–N with tert-alkyl or cyclic N) is 1. The molecule has 4 rings (SSSR count). The zero-order valence-electron chi connectivity index (χ0n) is 18.9. The Bertz CT molecular complexity index is 981. The number of hydrogen-bond acceptors (Lipinski definition) is 6. The van der Waals surface area contributed by atoms with Crippen LogP contribution in [0.25, 0.3) is 0 Å². The second kappa shape index (κ2) is 11.0. The molecule has 0 radical (unpaired) electrons. The van der Waals surface area contributed by atoms with Crippen molar-refractivity contribution in [3.8, 4) is 0 Å². The van der Waals surface area contributed by atoms with Crippen molar-refractivity contribution in [1.82, 2.24) is 19.8 Å². The van der Waals surface area contributed by atoms with Crippen LogP contribution in [0, 0.1) is 6.92 Å². The SMILES string of the molecule is Cc1c(NCCc2ccc(Cl)c(Cl)c2)ncnc1C(=O)N1CCC(N2CCCC(O)C2)CC1. The number of aliphatic hydroxyl groups excluding tert-OH is 1. The third-order valence-corrected chi connectivity index (χ3v) is 7.41. The van der Waals surface area contributed by atoms with Crippen LogP contribution in [0.3, 0.4) is 0 Å². The van der Waals surface area contributed by atoms with E-state index in [2.05, 4.69) is 20.2 Å². The standard InChI is InChI=1S/C24H31Cl2N5O2/c1-16-22(24(33)30-11-7-18(8-12-30)31-10-2-3-19(32)14-31)28-15-29-23(16)27-9-6-17-4-5-20(25)21(26)13-17/h4-5,13,15,18-19,32H,2-3,6-12,14H2,1H3,(H,27,28,29). The average molecular weight is 492 g/mol. The molecule has 2 N–H and O–H groups in total. The topological polar surface area (TPSA) is 81.6 Å². The number of nitrogens with one attached hydrogen (secondary N) is 1. The molecule has 7 nitrogen and oxygen atoms in total. The molecule has 33 heavy (non-hydrogen) atoms. The number of aliphatic hydroxyl groups is 1. The highest BCUT2D eigenvalue weighted by Gasteiger charge is 2.31. The van der Waals surface area contributed by atoms with E-state index >= 15 is 0 Å². The molecule has 2 aromatic rings. The Morgan fingerprint density at radius 1 is 1.15 bits per heavy atom. The summed E-state index contributed by atoms with van der Waals surface area (Å²) in [5.74, 6) is 0.630. The number of rotatable bonds is 6. The number of amides is 1. The number of nitrogens with zero attached hydrogens (tertiary/aromatic N) is 4. The molecule has 2 saturated heterocycles. The third-order valence-electron chi connectivity index (χ3n) is 6.67. The van der Waals surface area contributed by atoms with Crippen molar-refractivity contribution in [3.05, 3.63) is 51.4 Å². The van der Waals surface area contributed by atoms with Gasteiger partial charge in [-0.3, -0.25) is 9.69 Å². The van der Waals surface area contributed by atoms with E-state index in [1.165, 1.54) is 6.33 Å². The van der Waals surface area contributed by atoms with Gasteiger partial charge in [0.05, 0.1) is 16.1 Å². The Morgan fingerprint density at radius 3 is 2.67 bits per heavy atom. The summed E-state index contributed by atoms with van der Waals surface area (Å²) in [4.78, 5) is 26.1. The van der Waals surface area contributed by atoms with Gasteiger partial charge in [-0.25, -0.2) is 9.97 Å². The van der Waals surface area contributed by atoms with Crippen LogP contribution in [-0.2, 0) is 6.42 Å². The Kier molecular flexibility index (Phi) is 8.07. The van der Waals surface area contributed by atoms with Gasteiger partial charge < -0.3 is 15.3 Å². The Balaban J connectivity index is 1.33. The number of likely N-dealkylation sites (tertiary alicyclic amines) is 2. The molecule has 0 spiro atoms. The lowest BCUT2D eigenvalue weighted by molar-refractivity contribution is 0.0239. The molecule has 1 amide bonds. The smallest absolute Gasteiger partial charge is 0.272 e. The predicted molar refractivity (Wildman–Crippen MR) is 131 cm³/mol. The molecule has 178 valence electrons.